The number of para-hydroxylation sites is 2. The fourth-order valence-corrected chi connectivity index (χ4v) is 12.9. The van der Waals surface area contributed by atoms with Crippen molar-refractivity contribution in [2.45, 2.75) is 145 Å². The highest BCUT2D eigenvalue weighted by atomic mass is 15.2. The Balaban J connectivity index is 1.17. The lowest BCUT2D eigenvalue weighted by Crippen LogP contribution is -2.61. The largest absolute Gasteiger partial charge is 0.311 e. The Morgan fingerprint density at radius 2 is 0.753 bits per heavy atom. The van der Waals surface area contributed by atoms with Gasteiger partial charge in [0.1, 0.15) is 0 Å². The van der Waals surface area contributed by atoms with Gasteiger partial charge in [-0.2, -0.15) is 0 Å². The molecule has 2 aliphatic rings. The fraction of sp³-hybridized carbons (Fsp3) is 0.289. The van der Waals surface area contributed by atoms with E-state index in [0.29, 0.717) is 0 Å². The second-order valence-electron chi connectivity index (χ2n) is 28.6. The highest BCUT2D eigenvalue weighted by Gasteiger charge is 2.45. The number of hydrogen-bond donors (Lipinski definition) is 0. The molecule has 0 aliphatic carbocycles. The number of anilines is 9. The van der Waals surface area contributed by atoms with E-state index in [1.807, 2.05) is 0 Å². The zero-order valence-electron chi connectivity index (χ0n) is 51.2. The molecule has 2 aliphatic heterocycles. The van der Waals surface area contributed by atoms with Gasteiger partial charge in [0, 0.05) is 62.0 Å². The Morgan fingerprint density at radius 1 is 0.333 bits per heavy atom. The Bertz CT molecular complexity index is 4060. The fourth-order valence-electron chi connectivity index (χ4n) is 12.9. The van der Waals surface area contributed by atoms with Crippen LogP contribution in [0.5, 0.6) is 0 Å². The minimum atomic E-state index is -0.161. The molecule has 0 N–H and O–H groups in total. The summed E-state index contributed by atoms with van der Waals surface area (Å²) in [5, 5.41) is 2.48. The monoisotopic (exact) mass is 1060 g/mol. The van der Waals surface area contributed by atoms with Crippen molar-refractivity contribution in [3.63, 3.8) is 0 Å². The van der Waals surface area contributed by atoms with Crippen molar-refractivity contribution in [1.82, 2.24) is 4.57 Å². The molecule has 0 unspecified atom stereocenters. The summed E-state index contributed by atoms with van der Waals surface area (Å²) in [5.41, 5.74) is 26.9. The topological polar surface area (TPSA) is 14.7 Å². The first-order chi connectivity index (χ1) is 38.2. The third-order valence-electron chi connectivity index (χ3n) is 17.5. The number of benzene rings is 9. The van der Waals surface area contributed by atoms with E-state index in [1.54, 1.807) is 0 Å². The van der Waals surface area contributed by atoms with Crippen LogP contribution in [0.15, 0.2) is 182 Å². The summed E-state index contributed by atoms with van der Waals surface area (Å²) >= 11 is 0. The quantitative estimate of drug-likeness (QED) is 0.154. The molecule has 0 saturated heterocycles. The molecule has 408 valence electrons. The average Bonchev–Trinajstić information content (AvgIpc) is 3.82. The number of rotatable bonds is 6. The molecule has 12 rings (SSSR count). The maximum Gasteiger partial charge on any atom is 0.252 e. The lowest BCUT2D eigenvalue weighted by Gasteiger charge is -2.46. The van der Waals surface area contributed by atoms with Crippen LogP contribution < -0.4 is 31.1 Å². The molecule has 1 aromatic heterocycles. The number of nitrogens with zero attached hydrogens (tertiary/aromatic N) is 4. The summed E-state index contributed by atoms with van der Waals surface area (Å²) < 4.78 is 2.44. The predicted octanol–water partition coefficient (Wildman–Crippen LogP) is 19.4. The van der Waals surface area contributed by atoms with Crippen molar-refractivity contribution in [2.75, 3.05) is 14.7 Å². The lowest BCUT2D eigenvalue weighted by molar-refractivity contribution is 0.589. The van der Waals surface area contributed by atoms with Gasteiger partial charge >= 0.3 is 0 Å². The number of fused-ring (bicyclic) bond motifs is 7. The maximum absolute atomic E-state index is 2.61. The summed E-state index contributed by atoms with van der Waals surface area (Å²) in [6.45, 7) is 39.5. The van der Waals surface area contributed by atoms with Crippen LogP contribution in [0.3, 0.4) is 0 Å². The number of aromatic nitrogens is 1. The van der Waals surface area contributed by atoms with Crippen LogP contribution in [0.2, 0.25) is 0 Å². The van der Waals surface area contributed by atoms with Crippen LogP contribution in [-0.4, -0.2) is 11.3 Å². The van der Waals surface area contributed by atoms with Gasteiger partial charge in [0.05, 0.1) is 16.7 Å². The zero-order chi connectivity index (χ0) is 57.5. The van der Waals surface area contributed by atoms with Crippen LogP contribution in [0.25, 0.3) is 27.5 Å². The van der Waals surface area contributed by atoms with Crippen molar-refractivity contribution in [2.24, 2.45) is 0 Å². The molecule has 0 fully saturated rings. The van der Waals surface area contributed by atoms with E-state index >= 15 is 0 Å². The van der Waals surface area contributed by atoms with Gasteiger partial charge in [0.25, 0.3) is 6.71 Å². The first kappa shape index (κ1) is 53.9. The average molecular weight is 1060 g/mol. The Labute approximate surface area is 484 Å². The Kier molecular flexibility index (Phi) is 12.6. The van der Waals surface area contributed by atoms with E-state index < -0.39 is 0 Å². The summed E-state index contributed by atoms with van der Waals surface area (Å²) in [6.07, 6.45) is 0. The van der Waals surface area contributed by atoms with Gasteiger partial charge in [0.15, 0.2) is 0 Å². The summed E-state index contributed by atoms with van der Waals surface area (Å²) in [4.78, 5) is 7.77. The highest BCUT2D eigenvalue weighted by Crippen LogP contribution is 2.50. The standard InChI is InChI=1S/C76H81BN4/c1-48-41-53(75(12,13)14)42-49(2)71(48)78(58-36-38-61-60-25-21-22-26-64(60)79(65(61)46-58)55-23-19-18-20-24-55)59-37-40-63-67(47-59)81(57-34-29-51(30-35-57)73(6,7)8)69-45-54(76(15,16)17)44-68-70(69)77(63)62-39-31-52(74(9,10)11)43-66(62)80(68)56-32-27-50(28-33-56)72(3,4)5/h18-47H,1-17H3. The van der Waals surface area contributed by atoms with Crippen LogP contribution in [-0.2, 0) is 27.1 Å². The highest BCUT2D eigenvalue weighted by molar-refractivity contribution is 7.00. The molecule has 3 heterocycles. The minimum absolute atomic E-state index is 0.00729. The molecule has 5 heteroatoms. The molecule has 0 spiro atoms. The molecule has 81 heavy (non-hydrogen) atoms. The van der Waals surface area contributed by atoms with Gasteiger partial charge in [-0.05, 0) is 181 Å². The first-order valence-corrected chi connectivity index (χ1v) is 29.5. The third-order valence-corrected chi connectivity index (χ3v) is 17.5. The van der Waals surface area contributed by atoms with Crippen molar-refractivity contribution in [3.8, 4) is 5.69 Å². The van der Waals surface area contributed by atoms with E-state index in [0.717, 1.165) is 22.7 Å². The smallest absolute Gasteiger partial charge is 0.252 e. The molecule has 0 amide bonds. The van der Waals surface area contributed by atoms with Gasteiger partial charge in [-0.15, -0.1) is 0 Å². The Hall–Kier alpha value is -7.76. The third kappa shape index (κ3) is 9.26. The molecule has 0 atom stereocenters. The van der Waals surface area contributed by atoms with Gasteiger partial charge in [-0.1, -0.05) is 201 Å². The molecular weight excluding hydrogens is 980 g/mol. The van der Waals surface area contributed by atoms with E-state index in [4.69, 9.17) is 0 Å². The van der Waals surface area contributed by atoms with Crippen molar-refractivity contribution >= 4 is 96.1 Å². The number of aryl methyl sites for hydroxylation is 2. The maximum atomic E-state index is 2.61. The van der Waals surface area contributed by atoms with Crippen LogP contribution in [0.1, 0.15) is 143 Å². The predicted molar refractivity (Wildman–Crippen MR) is 352 cm³/mol. The second-order valence-corrected chi connectivity index (χ2v) is 28.6. The van der Waals surface area contributed by atoms with E-state index in [9.17, 15) is 0 Å². The zero-order valence-corrected chi connectivity index (χ0v) is 51.2. The number of hydrogen-bond acceptors (Lipinski definition) is 3. The normalized spacial score (nSPS) is 13.7. The van der Waals surface area contributed by atoms with Crippen LogP contribution >= 0.6 is 0 Å². The summed E-state index contributed by atoms with van der Waals surface area (Å²) in [5.74, 6) is 0. The van der Waals surface area contributed by atoms with E-state index in [1.165, 1.54) is 111 Å². The minimum Gasteiger partial charge on any atom is -0.311 e. The van der Waals surface area contributed by atoms with Crippen molar-refractivity contribution < 1.29 is 0 Å². The van der Waals surface area contributed by atoms with Crippen LogP contribution in [0, 0.1) is 13.8 Å². The molecule has 0 bridgehead atoms. The molecule has 4 nitrogen and oxygen atoms in total. The lowest BCUT2D eigenvalue weighted by atomic mass is 9.33. The van der Waals surface area contributed by atoms with Gasteiger partial charge < -0.3 is 19.3 Å². The molecule has 0 saturated carbocycles. The summed E-state index contributed by atoms with van der Waals surface area (Å²) in [6, 6.07) is 70.4. The molecular formula is C76H81BN4. The second kappa shape index (κ2) is 18.9. The van der Waals surface area contributed by atoms with Crippen molar-refractivity contribution in [3.05, 3.63) is 221 Å². The van der Waals surface area contributed by atoms with Crippen molar-refractivity contribution in [1.29, 1.82) is 0 Å². The van der Waals surface area contributed by atoms with Gasteiger partial charge in [0.2, 0.25) is 0 Å². The van der Waals surface area contributed by atoms with Crippen LogP contribution in [0.4, 0.5) is 51.2 Å². The van der Waals surface area contributed by atoms with E-state index in [-0.39, 0.29) is 33.8 Å². The molecule has 10 aromatic rings. The molecule has 0 radical (unpaired) electrons. The Morgan fingerprint density at radius 3 is 1.28 bits per heavy atom. The first-order valence-electron chi connectivity index (χ1n) is 29.5. The molecule has 9 aromatic carbocycles. The van der Waals surface area contributed by atoms with Gasteiger partial charge in [-0.3, -0.25) is 0 Å². The van der Waals surface area contributed by atoms with Gasteiger partial charge in [-0.25, -0.2) is 0 Å². The summed E-state index contributed by atoms with van der Waals surface area (Å²) in [7, 11) is 0. The SMILES string of the molecule is Cc1cc(C(C)(C)C)cc(C)c1N(c1ccc2c(c1)N(c1ccc(C(C)(C)C)cc1)c1cc(C(C)(C)C)cc3c1B2c1ccc(C(C)(C)C)cc1N3c1ccc(C(C)(C)C)cc1)c1ccc2c3ccccc3n(-c3ccccc3)c2c1. The van der Waals surface area contributed by atoms with E-state index in [2.05, 4.69) is 319 Å².